The lowest BCUT2D eigenvalue weighted by Crippen LogP contribution is -2.30. The third-order valence-electron chi connectivity index (χ3n) is 8.83. The van der Waals surface area contributed by atoms with Crippen LogP contribution >= 0.6 is 0 Å². The minimum absolute atomic E-state index is 0.136. The molecule has 0 heterocycles. The van der Waals surface area contributed by atoms with Crippen LogP contribution in [-0.4, -0.2) is 37.2 Å². The Morgan fingerprint density at radius 1 is 0.328 bits per heavy atom. The molecule has 0 rings (SSSR count). The Morgan fingerprint density at radius 2 is 0.607 bits per heavy atom. The quantitative estimate of drug-likeness (QED) is 0.0267. The zero-order chi connectivity index (χ0) is 44.4. The second-order valence-corrected chi connectivity index (χ2v) is 14.5. The van der Waals surface area contributed by atoms with Crippen molar-refractivity contribution in [2.45, 2.75) is 155 Å². The first-order valence-electron chi connectivity index (χ1n) is 23.2. The molecule has 0 fully saturated rings. The summed E-state index contributed by atoms with van der Waals surface area (Å²) in [6, 6.07) is 0. The van der Waals surface area contributed by atoms with Crippen LogP contribution in [0.25, 0.3) is 0 Å². The molecular weight excluding hydrogens is 757 g/mol. The Kier molecular flexibility index (Phi) is 43.8. The molecule has 0 aliphatic heterocycles. The van der Waals surface area contributed by atoms with Gasteiger partial charge in [-0.2, -0.15) is 0 Å². The minimum Gasteiger partial charge on any atom is -0.462 e. The molecule has 0 saturated carbocycles. The largest absolute Gasteiger partial charge is 0.462 e. The zero-order valence-corrected chi connectivity index (χ0v) is 38.1. The monoisotopic (exact) mass is 837 g/mol. The van der Waals surface area contributed by atoms with Gasteiger partial charge in [-0.3, -0.25) is 14.4 Å². The van der Waals surface area contributed by atoms with E-state index in [1.165, 1.54) is 19.3 Å². The average Bonchev–Trinajstić information content (AvgIpc) is 3.26. The molecule has 0 aromatic carbocycles. The Balaban J connectivity index is 4.64. The fourth-order valence-corrected chi connectivity index (χ4v) is 5.43. The van der Waals surface area contributed by atoms with E-state index >= 15 is 0 Å². The number of hydrogen-bond donors (Lipinski definition) is 0. The van der Waals surface area contributed by atoms with Crippen LogP contribution in [0.5, 0.6) is 0 Å². The number of rotatable bonds is 38. The maximum absolute atomic E-state index is 12.8. The number of allylic oxidation sites excluding steroid dienone is 26. The molecule has 0 aliphatic carbocycles. The summed E-state index contributed by atoms with van der Waals surface area (Å²) < 4.78 is 16.6. The molecule has 6 heteroatoms. The van der Waals surface area contributed by atoms with E-state index in [0.29, 0.717) is 12.8 Å². The van der Waals surface area contributed by atoms with Crippen molar-refractivity contribution in [3.05, 3.63) is 158 Å². The lowest BCUT2D eigenvalue weighted by molar-refractivity contribution is -0.167. The van der Waals surface area contributed by atoms with Gasteiger partial charge in [-0.15, -0.1) is 0 Å². The average molecular weight is 837 g/mol. The van der Waals surface area contributed by atoms with Crippen molar-refractivity contribution in [1.82, 2.24) is 0 Å². The number of hydrogen-bond acceptors (Lipinski definition) is 6. The molecule has 0 spiro atoms. The molecule has 0 N–H and O–H groups in total. The topological polar surface area (TPSA) is 78.9 Å². The van der Waals surface area contributed by atoms with Gasteiger partial charge in [0.1, 0.15) is 13.2 Å². The van der Waals surface area contributed by atoms with Crippen LogP contribution in [0.3, 0.4) is 0 Å². The summed E-state index contributed by atoms with van der Waals surface area (Å²) in [5, 5.41) is 0. The van der Waals surface area contributed by atoms with Gasteiger partial charge in [0.05, 0.1) is 0 Å². The van der Waals surface area contributed by atoms with Crippen LogP contribution in [0, 0.1) is 0 Å². The van der Waals surface area contributed by atoms with E-state index in [2.05, 4.69) is 75.5 Å². The van der Waals surface area contributed by atoms with Gasteiger partial charge in [0, 0.05) is 19.3 Å². The van der Waals surface area contributed by atoms with E-state index in [4.69, 9.17) is 14.2 Å². The first kappa shape index (κ1) is 56.0. The summed E-state index contributed by atoms with van der Waals surface area (Å²) in [6.07, 6.45) is 69.4. The van der Waals surface area contributed by atoms with Crippen molar-refractivity contribution in [2.75, 3.05) is 13.2 Å². The second kappa shape index (κ2) is 47.7. The predicted molar refractivity (Wildman–Crippen MR) is 260 cm³/mol. The lowest BCUT2D eigenvalue weighted by Gasteiger charge is -2.18. The summed E-state index contributed by atoms with van der Waals surface area (Å²) in [5.74, 6) is -1.08. The highest BCUT2D eigenvalue weighted by atomic mass is 16.6. The van der Waals surface area contributed by atoms with Gasteiger partial charge >= 0.3 is 17.9 Å². The van der Waals surface area contributed by atoms with E-state index in [1.54, 1.807) is 0 Å². The van der Waals surface area contributed by atoms with Crippen molar-refractivity contribution < 1.29 is 28.6 Å². The molecule has 0 radical (unpaired) electrons. The van der Waals surface area contributed by atoms with Crippen molar-refractivity contribution in [3.63, 3.8) is 0 Å². The molecule has 6 nitrogen and oxygen atoms in total. The number of carbonyl (C=O) groups is 3. The number of esters is 3. The summed E-state index contributed by atoms with van der Waals surface area (Å²) in [7, 11) is 0. The van der Waals surface area contributed by atoms with Crippen LogP contribution in [0.15, 0.2) is 158 Å². The lowest BCUT2D eigenvalue weighted by atomic mass is 10.1. The van der Waals surface area contributed by atoms with Crippen molar-refractivity contribution in [2.24, 2.45) is 0 Å². The molecule has 0 aromatic rings. The summed E-state index contributed by atoms with van der Waals surface area (Å²) in [4.78, 5) is 37.8. The summed E-state index contributed by atoms with van der Waals surface area (Å²) >= 11 is 0. The summed E-state index contributed by atoms with van der Waals surface area (Å²) in [5.41, 5.74) is 0. The van der Waals surface area contributed by atoms with Gasteiger partial charge in [-0.25, -0.2) is 0 Å². The number of unbranched alkanes of at least 4 members (excludes halogenated alkanes) is 11. The second-order valence-electron chi connectivity index (χ2n) is 14.5. The third kappa shape index (κ3) is 46.0. The van der Waals surface area contributed by atoms with E-state index < -0.39 is 6.10 Å². The highest BCUT2D eigenvalue weighted by molar-refractivity contribution is 5.71. The van der Waals surface area contributed by atoms with Crippen LogP contribution in [0.1, 0.15) is 149 Å². The zero-order valence-electron chi connectivity index (χ0n) is 38.1. The van der Waals surface area contributed by atoms with E-state index in [0.717, 1.165) is 77.0 Å². The minimum atomic E-state index is -0.838. The van der Waals surface area contributed by atoms with Crippen LogP contribution in [-0.2, 0) is 28.6 Å². The first-order chi connectivity index (χ1) is 30.0. The van der Waals surface area contributed by atoms with E-state index in [1.807, 2.05) is 103 Å². The molecule has 0 bridgehead atoms. The molecule has 61 heavy (non-hydrogen) atoms. The third-order valence-corrected chi connectivity index (χ3v) is 8.83. The van der Waals surface area contributed by atoms with Gasteiger partial charge < -0.3 is 14.2 Å². The van der Waals surface area contributed by atoms with Gasteiger partial charge in [0.15, 0.2) is 6.10 Å². The number of ether oxygens (including phenoxy) is 3. The maximum atomic E-state index is 12.8. The molecule has 1 unspecified atom stereocenters. The standard InChI is InChI=1S/C55H80O6/c1-4-7-10-13-16-19-22-25-27-30-33-36-39-42-45-48-54(57)60-51-52(50-59-53(56)47-44-41-38-35-32-29-24-21-18-15-12-9-6-3)61-55(58)49-46-43-40-37-34-31-28-26-23-20-17-14-11-8-5-2/h7-25,27,29-30,32-33,35,38,52H,4-6,26,28,31,34,36-37,39-51H2,1-3H3/b10-7-,11-8-,12-9-,16-13-,17-14-,18-15-,22-19-,23-20-,24-21-,27-25-,32-29-,33-30-,38-35-. The molecule has 0 amide bonds. The fourth-order valence-electron chi connectivity index (χ4n) is 5.43. The Morgan fingerprint density at radius 3 is 1.00 bits per heavy atom. The molecule has 336 valence electrons. The van der Waals surface area contributed by atoms with Gasteiger partial charge in [-0.1, -0.05) is 217 Å². The smallest absolute Gasteiger partial charge is 0.306 e. The SMILES string of the molecule is CC\C=C/C=C\C=C/C=C\C=C/CCCCCC(=O)OCC(COC(=O)CCC\C=C/C=C\C=C/C=C\C=C/CC)OC(=O)CCCCCCCCC\C=C/C=C\C=C/CC. The van der Waals surface area contributed by atoms with Crippen LogP contribution < -0.4 is 0 Å². The molecule has 0 saturated heterocycles. The van der Waals surface area contributed by atoms with E-state index in [9.17, 15) is 14.4 Å². The summed E-state index contributed by atoms with van der Waals surface area (Å²) in [6.45, 7) is 6.06. The van der Waals surface area contributed by atoms with E-state index in [-0.39, 0.29) is 50.4 Å². The fraction of sp³-hybridized carbons (Fsp3) is 0.473. The van der Waals surface area contributed by atoms with Gasteiger partial charge in [0.2, 0.25) is 0 Å². The van der Waals surface area contributed by atoms with Gasteiger partial charge in [0.25, 0.3) is 0 Å². The highest BCUT2D eigenvalue weighted by Crippen LogP contribution is 2.12. The van der Waals surface area contributed by atoms with Crippen molar-refractivity contribution >= 4 is 17.9 Å². The van der Waals surface area contributed by atoms with Crippen LogP contribution in [0.4, 0.5) is 0 Å². The number of carbonyl (C=O) groups excluding carboxylic acids is 3. The Labute approximate surface area is 371 Å². The molecule has 1 atom stereocenters. The molecule has 0 aromatic heterocycles. The van der Waals surface area contributed by atoms with Crippen molar-refractivity contribution in [3.8, 4) is 0 Å². The molecule has 0 aliphatic rings. The Bertz CT molecular complexity index is 1470. The van der Waals surface area contributed by atoms with Crippen LogP contribution in [0.2, 0.25) is 0 Å². The Hall–Kier alpha value is -4.97. The van der Waals surface area contributed by atoms with Crippen molar-refractivity contribution in [1.29, 1.82) is 0 Å². The normalized spacial score (nSPS) is 13.6. The van der Waals surface area contributed by atoms with Gasteiger partial charge in [-0.05, 0) is 70.6 Å². The first-order valence-corrected chi connectivity index (χ1v) is 23.2. The highest BCUT2D eigenvalue weighted by Gasteiger charge is 2.19. The maximum Gasteiger partial charge on any atom is 0.306 e. The predicted octanol–water partition coefficient (Wildman–Crippen LogP) is 15.1. The molecular formula is C55H80O6.